The SMILES string of the molecule is CCc1cc(-c2ccnnn2)ccc1C(N)=O. The predicted octanol–water partition coefficient (Wildman–Crippen LogP) is 1.20. The highest BCUT2D eigenvalue weighted by Crippen LogP contribution is 2.20. The summed E-state index contributed by atoms with van der Waals surface area (Å²) in [6.45, 7) is 1.98. The van der Waals surface area contributed by atoms with Crippen LogP contribution in [0.25, 0.3) is 11.3 Å². The van der Waals surface area contributed by atoms with E-state index < -0.39 is 5.91 Å². The number of primary amides is 1. The molecule has 0 saturated carbocycles. The van der Waals surface area contributed by atoms with E-state index in [2.05, 4.69) is 15.4 Å². The third kappa shape index (κ3) is 2.28. The van der Waals surface area contributed by atoms with Gasteiger partial charge in [-0.2, -0.15) is 0 Å². The van der Waals surface area contributed by atoms with Gasteiger partial charge in [-0.15, -0.1) is 10.2 Å². The molecule has 5 nitrogen and oxygen atoms in total. The van der Waals surface area contributed by atoms with Crippen molar-refractivity contribution in [3.05, 3.63) is 41.6 Å². The number of hydrogen-bond donors (Lipinski definition) is 1. The number of aromatic nitrogens is 3. The van der Waals surface area contributed by atoms with Gasteiger partial charge in [-0.1, -0.05) is 13.0 Å². The van der Waals surface area contributed by atoms with E-state index in [0.717, 1.165) is 23.2 Å². The minimum absolute atomic E-state index is 0.408. The zero-order valence-corrected chi connectivity index (χ0v) is 9.42. The first kappa shape index (κ1) is 11.2. The summed E-state index contributed by atoms with van der Waals surface area (Å²) in [5.41, 5.74) is 8.40. The average Bonchev–Trinajstić information content (AvgIpc) is 2.39. The van der Waals surface area contributed by atoms with Crippen LogP contribution >= 0.6 is 0 Å². The van der Waals surface area contributed by atoms with Crippen molar-refractivity contribution < 1.29 is 4.79 Å². The van der Waals surface area contributed by atoms with E-state index >= 15 is 0 Å². The van der Waals surface area contributed by atoms with Crippen molar-refractivity contribution in [2.24, 2.45) is 5.73 Å². The van der Waals surface area contributed by atoms with Crippen LogP contribution in [0.4, 0.5) is 0 Å². The number of benzene rings is 1. The van der Waals surface area contributed by atoms with Gasteiger partial charge in [0.1, 0.15) is 0 Å². The summed E-state index contributed by atoms with van der Waals surface area (Å²) < 4.78 is 0. The van der Waals surface area contributed by atoms with Gasteiger partial charge in [0.05, 0.1) is 11.9 Å². The summed E-state index contributed by atoms with van der Waals surface area (Å²) in [4.78, 5) is 11.2. The minimum Gasteiger partial charge on any atom is -0.366 e. The molecule has 0 aliphatic rings. The molecule has 0 unspecified atom stereocenters. The van der Waals surface area contributed by atoms with Gasteiger partial charge in [0.25, 0.3) is 0 Å². The second-order valence-corrected chi connectivity index (χ2v) is 3.60. The third-order valence-corrected chi connectivity index (χ3v) is 2.55. The van der Waals surface area contributed by atoms with Crippen molar-refractivity contribution in [3.63, 3.8) is 0 Å². The molecule has 86 valence electrons. The Labute approximate surface area is 98.7 Å². The van der Waals surface area contributed by atoms with Crippen molar-refractivity contribution in [2.45, 2.75) is 13.3 Å². The highest BCUT2D eigenvalue weighted by Gasteiger charge is 2.09. The van der Waals surface area contributed by atoms with Crippen LogP contribution in [-0.4, -0.2) is 21.3 Å². The maximum atomic E-state index is 11.2. The molecular weight excluding hydrogens is 216 g/mol. The Morgan fingerprint density at radius 3 is 2.76 bits per heavy atom. The van der Waals surface area contributed by atoms with E-state index in [4.69, 9.17) is 5.73 Å². The van der Waals surface area contributed by atoms with Crippen LogP contribution in [0, 0.1) is 0 Å². The summed E-state index contributed by atoms with van der Waals surface area (Å²) in [5.74, 6) is -0.408. The smallest absolute Gasteiger partial charge is 0.248 e. The van der Waals surface area contributed by atoms with Crippen molar-refractivity contribution in [1.29, 1.82) is 0 Å². The first-order chi connectivity index (χ1) is 8.22. The largest absolute Gasteiger partial charge is 0.366 e. The number of carbonyl (C=O) groups is 1. The molecule has 0 radical (unpaired) electrons. The van der Waals surface area contributed by atoms with Gasteiger partial charge >= 0.3 is 0 Å². The molecule has 5 heteroatoms. The Balaban J connectivity index is 2.49. The van der Waals surface area contributed by atoms with Crippen molar-refractivity contribution >= 4 is 5.91 Å². The molecule has 1 aromatic heterocycles. The Hall–Kier alpha value is -2.30. The summed E-state index contributed by atoms with van der Waals surface area (Å²) >= 11 is 0. The second-order valence-electron chi connectivity index (χ2n) is 3.60. The molecule has 0 fully saturated rings. The number of aryl methyl sites for hydroxylation is 1. The van der Waals surface area contributed by atoms with Gasteiger partial charge in [0, 0.05) is 11.1 Å². The van der Waals surface area contributed by atoms with Crippen molar-refractivity contribution in [3.8, 4) is 11.3 Å². The molecule has 0 aliphatic heterocycles. The van der Waals surface area contributed by atoms with Crippen LogP contribution in [0.2, 0.25) is 0 Å². The van der Waals surface area contributed by atoms with Gasteiger partial charge in [0.15, 0.2) is 0 Å². The fourth-order valence-corrected chi connectivity index (χ4v) is 1.68. The topological polar surface area (TPSA) is 81.8 Å². The lowest BCUT2D eigenvalue weighted by Gasteiger charge is -2.06. The molecule has 0 saturated heterocycles. The molecule has 0 spiro atoms. The fourth-order valence-electron chi connectivity index (χ4n) is 1.68. The summed E-state index contributed by atoms with van der Waals surface area (Å²) in [6.07, 6.45) is 2.32. The quantitative estimate of drug-likeness (QED) is 0.855. The zero-order chi connectivity index (χ0) is 12.3. The molecule has 1 aromatic carbocycles. The lowest BCUT2D eigenvalue weighted by atomic mass is 10.00. The van der Waals surface area contributed by atoms with Crippen LogP contribution in [0.1, 0.15) is 22.8 Å². The van der Waals surface area contributed by atoms with Crippen molar-refractivity contribution in [2.75, 3.05) is 0 Å². The van der Waals surface area contributed by atoms with Gasteiger partial charge in [-0.25, -0.2) is 0 Å². The van der Waals surface area contributed by atoms with E-state index in [1.165, 1.54) is 0 Å². The second kappa shape index (κ2) is 4.69. The summed E-state index contributed by atoms with van der Waals surface area (Å²) in [6, 6.07) is 7.21. The maximum Gasteiger partial charge on any atom is 0.248 e. The number of carbonyl (C=O) groups excluding carboxylic acids is 1. The highest BCUT2D eigenvalue weighted by atomic mass is 16.1. The third-order valence-electron chi connectivity index (χ3n) is 2.55. The first-order valence-electron chi connectivity index (χ1n) is 5.30. The molecular formula is C12H12N4O. The van der Waals surface area contributed by atoms with E-state index in [9.17, 15) is 4.79 Å². The van der Waals surface area contributed by atoms with Gasteiger partial charge < -0.3 is 5.73 Å². The molecule has 0 bridgehead atoms. The minimum atomic E-state index is -0.408. The van der Waals surface area contributed by atoms with E-state index in [-0.39, 0.29) is 0 Å². The molecule has 1 amide bonds. The molecule has 2 aromatic rings. The Kier molecular flexibility index (Phi) is 3.09. The standard InChI is InChI=1S/C12H12N4O/c1-2-8-7-9(3-4-10(8)12(13)17)11-5-6-14-16-15-11/h3-7H,2H2,1H3,(H2,13,17). The number of nitrogens with two attached hydrogens (primary N) is 1. The van der Waals surface area contributed by atoms with Crippen molar-refractivity contribution in [1.82, 2.24) is 15.4 Å². The monoisotopic (exact) mass is 228 g/mol. The van der Waals surface area contributed by atoms with Crippen LogP contribution in [0.15, 0.2) is 30.5 Å². The molecule has 2 rings (SSSR count). The molecule has 0 aliphatic carbocycles. The lowest BCUT2D eigenvalue weighted by molar-refractivity contribution is 0.0999. The Morgan fingerprint density at radius 1 is 1.35 bits per heavy atom. The van der Waals surface area contributed by atoms with E-state index in [0.29, 0.717) is 5.56 Å². The maximum absolute atomic E-state index is 11.2. The number of nitrogens with zero attached hydrogens (tertiary/aromatic N) is 3. The predicted molar refractivity (Wildman–Crippen MR) is 63.2 cm³/mol. The van der Waals surface area contributed by atoms with Crippen LogP contribution in [0.3, 0.4) is 0 Å². The van der Waals surface area contributed by atoms with E-state index in [1.807, 2.05) is 19.1 Å². The van der Waals surface area contributed by atoms with Crippen LogP contribution < -0.4 is 5.73 Å². The van der Waals surface area contributed by atoms with Gasteiger partial charge in [-0.3, -0.25) is 4.79 Å². The molecule has 1 heterocycles. The first-order valence-corrected chi connectivity index (χ1v) is 5.30. The van der Waals surface area contributed by atoms with E-state index in [1.54, 1.807) is 18.3 Å². The van der Waals surface area contributed by atoms with Crippen LogP contribution in [0.5, 0.6) is 0 Å². The molecule has 17 heavy (non-hydrogen) atoms. The van der Waals surface area contributed by atoms with Gasteiger partial charge in [-0.05, 0) is 35.4 Å². The molecule has 2 N–H and O–H groups in total. The summed E-state index contributed by atoms with van der Waals surface area (Å²) in [5, 5.41) is 11.1. The normalized spacial score (nSPS) is 10.2. The molecule has 0 atom stereocenters. The van der Waals surface area contributed by atoms with Crippen LogP contribution in [-0.2, 0) is 6.42 Å². The summed E-state index contributed by atoms with van der Waals surface area (Å²) in [7, 11) is 0. The Bertz CT molecular complexity index is 539. The lowest BCUT2D eigenvalue weighted by Crippen LogP contribution is -2.13. The number of hydrogen-bond acceptors (Lipinski definition) is 4. The zero-order valence-electron chi connectivity index (χ0n) is 9.42. The Morgan fingerprint density at radius 2 is 2.18 bits per heavy atom. The fraction of sp³-hybridized carbons (Fsp3) is 0.167. The van der Waals surface area contributed by atoms with Gasteiger partial charge in [0.2, 0.25) is 5.91 Å². The average molecular weight is 228 g/mol. The highest BCUT2D eigenvalue weighted by molar-refractivity contribution is 5.94. The number of amides is 1. The number of rotatable bonds is 3.